The van der Waals surface area contributed by atoms with Crippen LogP contribution in [0.1, 0.15) is 31.9 Å². The molecule has 0 amide bonds. The lowest BCUT2D eigenvalue weighted by molar-refractivity contribution is 0.358. The molecule has 0 aromatic heterocycles. The van der Waals surface area contributed by atoms with Gasteiger partial charge in [0.2, 0.25) is 0 Å². The van der Waals surface area contributed by atoms with E-state index in [0.29, 0.717) is 17.7 Å². The topological polar surface area (TPSA) is 21.3 Å². The molecule has 18 heavy (non-hydrogen) atoms. The van der Waals surface area contributed by atoms with E-state index in [1.54, 1.807) is 0 Å². The fourth-order valence-corrected chi connectivity index (χ4v) is 1.65. The van der Waals surface area contributed by atoms with Crippen molar-refractivity contribution in [2.75, 3.05) is 13.2 Å². The van der Waals surface area contributed by atoms with Crippen molar-refractivity contribution in [2.24, 2.45) is 0 Å². The number of rotatable bonds is 7. The van der Waals surface area contributed by atoms with Crippen molar-refractivity contribution in [3.8, 4) is 5.75 Å². The summed E-state index contributed by atoms with van der Waals surface area (Å²) >= 11 is 11.3. The summed E-state index contributed by atoms with van der Waals surface area (Å²) < 4.78 is 5.54. The van der Waals surface area contributed by atoms with Gasteiger partial charge in [0.25, 0.3) is 0 Å². The zero-order chi connectivity index (χ0) is 13.4. The van der Waals surface area contributed by atoms with Crippen LogP contribution in [0.15, 0.2) is 34.8 Å². The van der Waals surface area contributed by atoms with Gasteiger partial charge in [-0.25, -0.2) is 0 Å². The first-order valence-electron chi connectivity index (χ1n) is 6.08. The quantitative estimate of drug-likeness (QED) is 0.800. The highest BCUT2D eigenvalue weighted by Gasteiger charge is 2.05. The highest BCUT2D eigenvalue weighted by molar-refractivity contribution is 6.36. The maximum Gasteiger partial charge on any atom is 0.125 e. The van der Waals surface area contributed by atoms with Crippen molar-refractivity contribution >= 4 is 23.2 Å². The Morgan fingerprint density at radius 3 is 2.94 bits per heavy atom. The molecule has 0 aliphatic carbocycles. The Morgan fingerprint density at radius 1 is 1.50 bits per heavy atom. The second-order valence-corrected chi connectivity index (χ2v) is 4.80. The molecule has 0 aliphatic rings. The van der Waals surface area contributed by atoms with Crippen LogP contribution in [0.3, 0.4) is 0 Å². The van der Waals surface area contributed by atoms with Crippen LogP contribution in [-0.4, -0.2) is 13.2 Å². The second-order valence-electron chi connectivity index (χ2n) is 4.09. The number of benzene rings is 1. The summed E-state index contributed by atoms with van der Waals surface area (Å²) in [6.07, 6.45) is 1.12. The third-order valence-electron chi connectivity index (χ3n) is 2.55. The SMILES string of the molecule is CCCNC(C)c1cccc(OCC(Cl)=CCl)c1. The molecule has 2 nitrogen and oxygen atoms in total. The standard InChI is InChI=1S/C14H19Cl2NO/c1-3-7-17-11(2)12-5-4-6-14(8-12)18-10-13(16)9-15/h4-6,8-9,11,17H,3,7,10H2,1-2H3. The van der Waals surface area contributed by atoms with E-state index in [1.165, 1.54) is 11.1 Å². The van der Waals surface area contributed by atoms with Crippen LogP contribution in [0.5, 0.6) is 5.75 Å². The van der Waals surface area contributed by atoms with Gasteiger partial charge in [0, 0.05) is 11.6 Å². The molecule has 0 saturated carbocycles. The summed E-state index contributed by atoms with van der Waals surface area (Å²) in [6, 6.07) is 8.31. The van der Waals surface area contributed by atoms with Crippen LogP contribution in [0.2, 0.25) is 0 Å². The molecule has 0 bridgehead atoms. The molecule has 100 valence electrons. The highest BCUT2D eigenvalue weighted by Crippen LogP contribution is 2.20. The van der Waals surface area contributed by atoms with Gasteiger partial charge < -0.3 is 10.1 Å². The molecule has 1 aromatic carbocycles. The molecule has 1 rings (SSSR count). The lowest BCUT2D eigenvalue weighted by Gasteiger charge is -2.15. The number of hydrogen-bond donors (Lipinski definition) is 1. The van der Waals surface area contributed by atoms with Gasteiger partial charge in [-0.1, -0.05) is 42.3 Å². The van der Waals surface area contributed by atoms with Crippen molar-refractivity contribution in [1.29, 1.82) is 0 Å². The largest absolute Gasteiger partial charge is 0.488 e. The molecule has 0 fully saturated rings. The van der Waals surface area contributed by atoms with E-state index in [0.717, 1.165) is 18.7 Å². The number of hydrogen-bond acceptors (Lipinski definition) is 2. The van der Waals surface area contributed by atoms with Crippen LogP contribution in [0.25, 0.3) is 0 Å². The van der Waals surface area contributed by atoms with Crippen molar-refractivity contribution in [3.63, 3.8) is 0 Å². The molecular weight excluding hydrogens is 269 g/mol. The average Bonchev–Trinajstić information content (AvgIpc) is 2.42. The first kappa shape index (κ1) is 15.4. The van der Waals surface area contributed by atoms with Crippen molar-refractivity contribution in [1.82, 2.24) is 5.32 Å². The fraction of sp³-hybridized carbons (Fsp3) is 0.429. The summed E-state index contributed by atoms with van der Waals surface area (Å²) in [6.45, 7) is 5.60. The van der Waals surface area contributed by atoms with Gasteiger partial charge in [-0.3, -0.25) is 0 Å². The van der Waals surface area contributed by atoms with E-state index < -0.39 is 0 Å². The monoisotopic (exact) mass is 287 g/mol. The van der Waals surface area contributed by atoms with E-state index in [4.69, 9.17) is 27.9 Å². The first-order chi connectivity index (χ1) is 8.67. The Hall–Kier alpha value is -0.700. The first-order valence-corrected chi connectivity index (χ1v) is 6.89. The van der Waals surface area contributed by atoms with Gasteiger partial charge in [0.05, 0.1) is 5.03 Å². The smallest absolute Gasteiger partial charge is 0.125 e. The minimum Gasteiger partial charge on any atom is -0.488 e. The van der Waals surface area contributed by atoms with E-state index in [2.05, 4.69) is 25.2 Å². The molecule has 0 spiro atoms. The maximum atomic E-state index is 5.78. The Kier molecular flexibility index (Phi) is 7.18. The van der Waals surface area contributed by atoms with Crippen LogP contribution >= 0.6 is 23.2 Å². The lowest BCUT2D eigenvalue weighted by atomic mass is 10.1. The molecule has 1 unspecified atom stereocenters. The third kappa shape index (κ3) is 5.30. The summed E-state index contributed by atoms with van der Waals surface area (Å²) in [5.41, 5.74) is 2.52. The van der Waals surface area contributed by atoms with Crippen molar-refractivity contribution in [2.45, 2.75) is 26.3 Å². The zero-order valence-electron chi connectivity index (χ0n) is 10.7. The van der Waals surface area contributed by atoms with E-state index in [-0.39, 0.29) is 0 Å². The Morgan fingerprint density at radius 2 is 2.28 bits per heavy atom. The van der Waals surface area contributed by atoms with Crippen molar-refractivity contribution < 1.29 is 4.74 Å². The Labute approximate surface area is 119 Å². The predicted octanol–water partition coefficient (Wildman–Crippen LogP) is 4.45. The maximum absolute atomic E-state index is 5.78. The van der Waals surface area contributed by atoms with Crippen LogP contribution in [0, 0.1) is 0 Å². The van der Waals surface area contributed by atoms with E-state index in [9.17, 15) is 0 Å². The minimum absolute atomic E-state index is 0.297. The second kappa shape index (κ2) is 8.41. The molecule has 1 atom stereocenters. The minimum atomic E-state index is 0.297. The Balaban J connectivity index is 2.61. The molecular formula is C14H19Cl2NO. The molecule has 0 radical (unpaired) electrons. The summed E-state index contributed by atoms with van der Waals surface area (Å²) in [7, 11) is 0. The molecule has 0 aliphatic heterocycles. The van der Waals surface area contributed by atoms with Gasteiger partial charge in [0.1, 0.15) is 12.4 Å². The van der Waals surface area contributed by atoms with E-state index in [1.807, 2.05) is 18.2 Å². The van der Waals surface area contributed by atoms with Gasteiger partial charge >= 0.3 is 0 Å². The van der Waals surface area contributed by atoms with Crippen LogP contribution in [-0.2, 0) is 0 Å². The van der Waals surface area contributed by atoms with Crippen LogP contribution < -0.4 is 10.1 Å². The molecule has 1 N–H and O–H groups in total. The summed E-state index contributed by atoms with van der Waals surface area (Å²) in [5.74, 6) is 0.800. The third-order valence-corrected chi connectivity index (χ3v) is 3.15. The molecule has 0 heterocycles. The molecule has 4 heteroatoms. The van der Waals surface area contributed by atoms with Gasteiger partial charge in [-0.2, -0.15) is 0 Å². The van der Waals surface area contributed by atoms with Crippen molar-refractivity contribution in [3.05, 3.63) is 40.4 Å². The average molecular weight is 288 g/mol. The van der Waals surface area contributed by atoms with Gasteiger partial charge in [-0.15, -0.1) is 0 Å². The van der Waals surface area contributed by atoms with Crippen LogP contribution in [0.4, 0.5) is 0 Å². The fourth-order valence-electron chi connectivity index (χ4n) is 1.54. The zero-order valence-corrected chi connectivity index (χ0v) is 12.3. The van der Waals surface area contributed by atoms with Gasteiger partial charge in [0.15, 0.2) is 0 Å². The highest BCUT2D eigenvalue weighted by atomic mass is 35.5. The number of nitrogens with one attached hydrogen (secondary N) is 1. The van der Waals surface area contributed by atoms with E-state index >= 15 is 0 Å². The number of halogens is 2. The summed E-state index contributed by atoms with van der Waals surface area (Å²) in [4.78, 5) is 0. The molecule has 0 saturated heterocycles. The summed E-state index contributed by atoms with van der Waals surface area (Å²) in [5, 5.41) is 3.92. The number of ether oxygens (including phenoxy) is 1. The Bertz CT molecular complexity index is 393. The lowest BCUT2D eigenvalue weighted by Crippen LogP contribution is -2.19. The normalized spacial score (nSPS) is 13.4. The van der Waals surface area contributed by atoms with Gasteiger partial charge in [-0.05, 0) is 37.6 Å². The predicted molar refractivity (Wildman–Crippen MR) is 78.4 cm³/mol. The molecule has 1 aromatic rings.